The van der Waals surface area contributed by atoms with Crippen LogP contribution in [-0.2, 0) is 11.2 Å². The third-order valence-electron chi connectivity index (χ3n) is 4.02. The van der Waals surface area contributed by atoms with Crippen molar-refractivity contribution in [2.45, 2.75) is 38.0 Å². The van der Waals surface area contributed by atoms with E-state index in [9.17, 15) is 9.18 Å². The summed E-state index contributed by atoms with van der Waals surface area (Å²) in [5.41, 5.74) is 1.51. The molecule has 1 aliphatic heterocycles. The van der Waals surface area contributed by atoms with Gasteiger partial charge in [-0.15, -0.1) is 0 Å². The summed E-state index contributed by atoms with van der Waals surface area (Å²) in [6.07, 6.45) is 3.78. The Bertz CT molecular complexity index is 508. The van der Waals surface area contributed by atoms with E-state index in [0.717, 1.165) is 31.2 Å². The zero-order valence-electron chi connectivity index (χ0n) is 10.7. The molecule has 3 nitrogen and oxygen atoms in total. The van der Waals surface area contributed by atoms with E-state index in [1.54, 1.807) is 6.07 Å². The first kappa shape index (κ1) is 12.5. The largest absolute Gasteiger partial charge is 0.493 e. The van der Waals surface area contributed by atoms with Crippen LogP contribution < -0.4 is 4.74 Å². The van der Waals surface area contributed by atoms with E-state index >= 15 is 0 Å². The van der Waals surface area contributed by atoms with E-state index in [4.69, 9.17) is 9.84 Å². The van der Waals surface area contributed by atoms with Crippen LogP contribution >= 0.6 is 0 Å². The molecule has 1 aromatic rings. The molecule has 3 rings (SSSR count). The van der Waals surface area contributed by atoms with Gasteiger partial charge in [-0.1, -0.05) is 6.07 Å². The second-order valence-electron chi connectivity index (χ2n) is 5.44. The molecule has 0 bridgehead atoms. The maximum Gasteiger partial charge on any atom is 0.303 e. The Morgan fingerprint density at radius 1 is 1.47 bits per heavy atom. The second-order valence-corrected chi connectivity index (χ2v) is 5.44. The molecule has 1 fully saturated rings. The molecule has 4 heteroatoms. The van der Waals surface area contributed by atoms with Crippen molar-refractivity contribution in [2.75, 3.05) is 6.61 Å². The highest BCUT2D eigenvalue weighted by atomic mass is 19.1. The fourth-order valence-electron chi connectivity index (χ4n) is 2.96. The number of hydrogen-bond donors (Lipinski definition) is 1. The number of carboxylic acid groups (broad SMARTS) is 1. The average Bonchev–Trinajstić information content (AvgIpc) is 3.20. The summed E-state index contributed by atoms with van der Waals surface area (Å²) in [5.74, 6) is -0.527. The normalized spacial score (nSPS) is 19.4. The molecular weight excluding hydrogens is 247 g/mol. The lowest BCUT2D eigenvalue weighted by Crippen LogP contribution is -2.16. The highest BCUT2D eigenvalue weighted by Gasteiger charge is 2.38. The van der Waals surface area contributed by atoms with Crippen molar-refractivity contribution in [3.63, 3.8) is 0 Å². The van der Waals surface area contributed by atoms with Crippen LogP contribution in [0.2, 0.25) is 0 Å². The number of benzene rings is 1. The number of fused-ring (bicyclic) bond motifs is 1. The predicted molar refractivity (Wildman–Crippen MR) is 67.9 cm³/mol. The monoisotopic (exact) mass is 264 g/mol. The van der Waals surface area contributed by atoms with Crippen LogP contribution in [0.4, 0.5) is 4.39 Å². The highest BCUT2D eigenvalue weighted by molar-refractivity contribution is 5.68. The third kappa shape index (κ3) is 2.44. The van der Waals surface area contributed by atoms with E-state index in [2.05, 4.69) is 0 Å². The molecule has 1 heterocycles. The number of aryl methyl sites for hydroxylation is 1. The lowest BCUT2D eigenvalue weighted by Gasteiger charge is -2.25. The van der Waals surface area contributed by atoms with E-state index in [-0.39, 0.29) is 18.2 Å². The van der Waals surface area contributed by atoms with Crippen LogP contribution in [0, 0.1) is 11.7 Å². The molecule has 2 aliphatic rings. The number of hydrogen-bond acceptors (Lipinski definition) is 2. The number of halogens is 1. The first-order valence-electron chi connectivity index (χ1n) is 6.82. The fraction of sp³-hybridized carbons (Fsp3) is 0.533. The average molecular weight is 264 g/mol. The van der Waals surface area contributed by atoms with Crippen LogP contribution in [0.5, 0.6) is 5.75 Å². The Kier molecular flexibility index (Phi) is 3.17. The van der Waals surface area contributed by atoms with Crippen LogP contribution in [0.15, 0.2) is 12.1 Å². The Hall–Kier alpha value is -1.58. The maximum absolute atomic E-state index is 14.2. The first-order chi connectivity index (χ1) is 9.16. The molecule has 0 radical (unpaired) electrons. The van der Waals surface area contributed by atoms with Gasteiger partial charge in [-0.2, -0.15) is 0 Å². The van der Waals surface area contributed by atoms with Crippen molar-refractivity contribution < 1.29 is 19.0 Å². The van der Waals surface area contributed by atoms with E-state index in [1.165, 1.54) is 6.07 Å². The third-order valence-corrected chi connectivity index (χ3v) is 4.02. The second kappa shape index (κ2) is 4.83. The summed E-state index contributed by atoms with van der Waals surface area (Å²) in [5, 5.41) is 9.05. The van der Waals surface area contributed by atoms with Crippen LogP contribution in [-0.4, -0.2) is 17.7 Å². The van der Waals surface area contributed by atoms with Gasteiger partial charge in [0.25, 0.3) is 0 Å². The van der Waals surface area contributed by atoms with Gasteiger partial charge in [0.1, 0.15) is 11.6 Å². The summed E-state index contributed by atoms with van der Waals surface area (Å²) in [4.78, 5) is 11.0. The Labute approximate surface area is 111 Å². The van der Waals surface area contributed by atoms with Crippen molar-refractivity contribution in [1.82, 2.24) is 0 Å². The summed E-state index contributed by atoms with van der Waals surface area (Å²) >= 11 is 0. The van der Waals surface area contributed by atoms with Gasteiger partial charge in [0.2, 0.25) is 0 Å². The predicted octanol–water partition coefficient (Wildman–Crippen LogP) is 3.12. The zero-order chi connectivity index (χ0) is 13.4. The lowest BCUT2D eigenvalue weighted by molar-refractivity contribution is -0.137. The van der Waals surface area contributed by atoms with Crippen molar-refractivity contribution in [2.24, 2.45) is 5.92 Å². The van der Waals surface area contributed by atoms with E-state index in [1.807, 2.05) is 0 Å². The van der Waals surface area contributed by atoms with Gasteiger partial charge in [0.15, 0.2) is 0 Å². The van der Waals surface area contributed by atoms with Gasteiger partial charge in [0.05, 0.1) is 13.0 Å². The van der Waals surface area contributed by atoms with Crippen LogP contribution in [0.25, 0.3) is 0 Å². The molecule has 1 aliphatic carbocycles. The van der Waals surface area contributed by atoms with Gasteiger partial charge in [-0.05, 0) is 43.2 Å². The standard InChI is InChI=1S/C15H17FO3/c16-12-6-5-10-2-1-7-19-15(10)14(12)11(8-13(17)18)9-3-4-9/h5-6,9,11H,1-4,7-8H2,(H,17,18). The van der Waals surface area contributed by atoms with Gasteiger partial charge < -0.3 is 9.84 Å². The minimum Gasteiger partial charge on any atom is -0.493 e. The molecule has 19 heavy (non-hydrogen) atoms. The summed E-state index contributed by atoms with van der Waals surface area (Å²) in [7, 11) is 0. The Morgan fingerprint density at radius 3 is 2.95 bits per heavy atom. The van der Waals surface area contributed by atoms with Crippen molar-refractivity contribution in [3.8, 4) is 5.75 Å². The van der Waals surface area contributed by atoms with E-state index < -0.39 is 5.97 Å². The van der Waals surface area contributed by atoms with Gasteiger partial charge in [0, 0.05) is 11.5 Å². The first-order valence-corrected chi connectivity index (χ1v) is 6.82. The molecule has 1 atom stereocenters. The summed E-state index contributed by atoms with van der Waals surface area (Å²) < 4.78 is 19.8. The fourth-order valence-corrected chi connectivity index (χ4v) is 2.96. The molecule has 0 spiro atoms. The number of aliphatic carboxylic acids is 1. The van der Waals surface area contributed by atoms with Gasteiger partial charge in [-0.3, -0.25) is 4.79 Å². The van der Waals surface area contributed by atoms with Crippen LogP contribution in [0.3, 0.4) is 0 Å². The lowest BCUT2D eigenvalue weighted by atomic mass is 9.87. The summed E-state index contributed by atoms with van der Waals surface area (Å²) in [6.45, 7) is 0.591. The van der Waals surface area contributed by atoms with Crippen molar-refractivity contribution >= 4 is 5.97 Å². The molecule has 0 aromatic heterocycles. The molecular formula is C15H17FO3. The molecule has 1 unspecified atom stereocenters. The van der Waals surface area contributed by atoms with E-state index in [0.29, 0.717) is 23.8 Å². The molecule has 102 valence electrons. The topological polar surface area (TPSA) is 46.5 Å². The smallest absolute Gasteiger partial charge is 0.303 e. The summed E-state index contributed by atoms with van der Waals surface area (Å²) in [6, 6.07) is 3.22. The quantitative estimate of drug-likeness (QED) is 0.908. The van der Waals surface area contributed by atoms with Crippen molar-refractivity contribution in [3.05, 3.63) is 29.1 Å². The number of carbonyl (C=O) groups is 1. The number of carboxylic acids is 1. The van der Waals surface area contributed by atoms with Gasteiger partial charge >= 0.3 is 5.97 Å². The minimum atomic E-state index is -0.871. The SMILES string of the molecule is O=C(O)CC(c1c(F)ccc2c1OCCC2)C1CC1. The Morgan fingerprint density at radius 2 is 2.26 bits per heavy atom. The molecule has 0 amide bonds. The zero-order valence-corrected chi connectivity index (χ0v) is 10.7. The number of rotatable bonds is 4. The van der Waals surface area contributed by atoms with Crippen molar-refractivity contribution in [1.29, 1.82) is 0 Å². The minimum absolute atomic E-state index is 0.0125. The van der Waals surface area contributed by atoms with Crippen LogP contribution in [0.1, 0.15) is 42.7 Å². The highest BCUT2D eigenvalue weighted by Crippen LogP contribution is 2.49. The molecule has 1 N–H and O–H groups in total. The molecule has 0 saturated heterocycles. The van der Waals surface area contributed by atoms with Gasteiger partial charge in [-0.25, -0.2) is 4.39 Å². The Balaban J connectivity index is 2.03. The molecule has 1 saturated carbocycles. The maximum atomic E-state index is 14.2. The number of ether oxygens (including phenoxy) is 1. The molecule has 1 aromatic carbocycles.